The number of nitro groups is 1. The number of nitrogens with zero attached hydrogens (tertiary/aromatic N) is 2. The van der Waals surface area contributed by atoms with Gasteiger partial charge in [-0.3, -0.25) is 15.1 Å². The largest absolute Gasteiger partial charge is 0.270 e. The number of rotatable bonds is 3. The smallest absolute Gasteiger partial charge is 0.258 e. The van der Waals surface area contributed by atoms with Gasteiger partial charge in [0, 0.05) is 18.3 Å². The molecule has 0 aromatic heterocycles. The molecule has 0 amide bonds. The van der Waals surface area contributed by atoms with Gasteiger partial charge in [0.05, 0.1) is 10.6 Å². The first-order valence-electron chi connectivity index (χ1n) is 5.92. The fraction of sp³-hybridized carbons (Fsp3) is 0.133. The molecular weight excluding hydrogens is 240 g/mol. The SMILES string of the molecule is Cc1cc([N+](=O)[O-])cc(C)c1N=Cc1ccccc1. The molecule has 0 saturated heterocycles. The van der Waals surface area contributed by atoms with Gasteiger partial charge in [0.15, 0.2) is 0 Å². The van der Waals surface area contributed by atoms with Crippen LogP contribution in [-0.4, -0.2) is 11.1 Å². The number of aliphatic imine (C=N–C) groups is 1. The van der Waals surface area contributed by atoms with Crippen molar-refractivity contribution < 1.29 is 4.92 Å². The van der Waals surface area contributed by atoms with Crippen LogP contribution in [0.25, 0.3) is 0 Å². The molecule has 0 spiro atoms. The highest BCUT2D eigenvalue weighted by atomic mass is 16.6. The molecule has 2 aromatic rings. The summed E-state index contributed by atoms with van der Waals surface area (Å²) in [5, 5.41) is 10.8. The summed E-state index contributed by atoms with van der Waals surface area (Å²) in [6.07, 6.45) is 1.77. The van der Waals surface area contributed by atoms with Crippen molar-refractivity contribution in [2.45, 2.75) is 13.8 Å². The summed E-state index contributed by atoms with van der Waals surface area (Å²) >= 11 is 0. The van der Waals surface area contributed by atoms with Crippen LogP contribution in [-0.2, 0) is 0 Å². The number of benzene rings is 2. The van der Waals surface area contributed by atoms with Crippen molar-refractivity contribution in [2.24, 2.45) is 4.99 Å². The Morgan fingerprint density at radius 3 is 2.21 bits per heavy atom. The van der Waals surface area contributed by atoms with Crippen molar-refractivity contribution in [1.29, 1.82) is 0 Å². The zero-order chi connectivity index (χ0) is 13.8. The lowest BCUT2D eigenvalue weighted by Gasteiger charge is -2.04. The highest BCUT2D eigenvalue weighted by Crippen LogP contribution is 2.28. The third-order valence-corrected chi connectivity index (χ3v) is 2.83. The maximum atomic E-state index is 10.8. The van der Waals surface area contributed by atoms with Crippen LogP contribution in [0.3, 0.4) is 0 Å². The van der Waals surface area contributed by atoms with E-state index in [1.54, 1.807) is 18.3 Å². The van der Waals surface area contributed by atoms with Crippen molar-refractivity contribution in [3.63, 3.8) is 0 Å². The molecule has 0 saturated carbocycles. The van der Waals surface area contributed by atoms with E-state index in [1.165, 1.54) is 0 Å². The van der Waals surface area contributed by atoms with Gasteiger partial charge in [0.1, 0.15) is 0 Å². The number of non-ortho nitro benzene ring substituents is 1. The Balaban J connectivity index is 2.36. The summed E-state index contributed by atoms with van der Waals surface area (Å²) in [7, 11) is 0. The van der Waals surface area contributed by atoms with E-state index in [0.29, 0.717) is 0 Å². The van der Waals surface area contributed by atoms with Gasteiger partial charge in [-0.25, -0.2) is 0 Å². The van der Waals surface area contributed by atoms with Gasteiger partial charge >= 0.3 is 0 Å². The molecule has 0 aliphatic heterocycles. The molecule has 2 aromatic carbocycles. The molecule has 0 atom stereocenters. The first kappa shape index (κ1) is 13.0. The molecule has 0 fully saturated rings. The molecule has 0 aliphatic rings. The normalized spacial score (nSPS) is 10.8. The van der Waals surface area contributed by atoms with Crippen LogP contribution >= 0.6 is 0 Å². The van der Waals surface area contributed by atoms with E-state index in [4.69, 9.17) is 0 Å². The van der Waals surface area contributed by atoms with Crippen LogP contribution in [0.2, 0.25) is 0 Å². The van der Waals surface area contributed by atoms with E-state index >= 15 is 0 Å². The summed E-state index contributed by atoms with van der Waals surface area (Å²) in [6, 6.07) is 12.8. The minimum absolute atomic E-state index is 0.105. The topological polar surface area (TPSA) is 55.5 Å². The Bertz CT molecular complexity index is 611. The summed E-state index contributed by atoms with van der Waals surface area (Å²) in [6.45, 7) is 3.66. The first-order valence-corrected chi connectivity index (χ1v) is 5.92. The zero-order valence-electron chi connectivity index (χ0n) is 10.8. The van der Waals surface area contributed by atoms with Gasteiger partial charge in [-0.05, 0) is 30.5 Å². The first-order chi connectivity index (χ1) is 9.08. The predicted octanol–water partition coefficient (Wildman–Crippen LogP) is 3.96. The molecule has 0 unspecified atom stereocenters. The van der Waals surface area contributed by atoms with E-state index < -0.39 is 0 Å². The summed E-state index contributed by atoms with van der Waals surface area (Å²) in [5.74, 6) is 0. The fourth-order valence-corrected chi connectivity index (χ4v) is 1.92. The maximum Gasteiger partial charge on any atom is 0.270 e. The van der Waals surface area contributed by atoms with Crippen LogP contribution in [0.4, 0.5) is 11.4 Å². The van der Waals surface area contributed by atoms with Gasteiger partial charge in [0.2, 0.25) is 0 Å². The summed E-state index contributed by atoms with van der Waals surface area (Å²) < 4.78 is 0. The molecule has 4 nitrogen and oxygen atoms in total. The number of nitro benzene ring substituents is 1. The molecular formula is C15H14N2O2. The van der Waals surface area contributed by atoms with Gasteiger partial charge in [-0.2, -0.15) is 0 Å². The van der Waals surface area contributed by atoms with Crippen molar-refractivity contribution >= 4 is 17.6 Å². The van der Waals surface area contributed by atoms with Crippen molar-refractivity contribution in [3.05, 3.63) is 69.3 Å². The summed E-state index contributed by atoms with van der Waals surface area (Å²) in [4.78, 5) is 14.8. The average molecular weight is 254 g/mol. The molecule has 96 valence electrons. The lowest BCUT2D eigenvalue weighted by atomic mass is 10.1. The second kappa shape index (κ2) is 5.44. The van der Waals surface area contributed by atoms with Crippen molar-refractivity contribution in [2.75, 3.05) is 0 Å². The zero-order valence-corrected chi connectivity index (χ0v) is 10.8. The van der Waals surface area contributed by atoms with Crippen LogP contribution in [0, 0.1) is 24.0 Å². The number of hydrogen-bond donors (Lipinski definition) is 0. The molecule has 0 radical (unpaired) electrons. The molecule has 19 heavy (non-hydrogen) atoms. The van der Waals surface area contributed by atoms with Gasteiger partial charge in [0.25, 0.3) is 5.69 Å². The van der Waals surface area contributed by atoms with Crippen LogP contribution in [0.15, 0.2) is 47.5 Å². The quantitative estimate of drug-likeness (QED) is 0.473. The van der Waals surface area contributed by atoms with Crippen molar-refractivity contribution in [1.82, 2.24) is 0 Å². The molecule has 4 heteroatoms. The molecule has 2 rings (SSSR count). The van der Waals surface area contributed by atoms with Crippen LogP contribution in [0.5, 0.6) is 0 Å². The van der Waals surface area contributed by atoms with E-state index in [1.807, 2.05) is 44.2 Å². The van der Waals surface area contributed by atoms with Gasteiger partial charge < -0.3 is 0 Å². The monoisotopic (exact) mass is 254 g/mol. The lowest BCUT2D eigenvalue weighted by molar-refractivity contribution is -0.384. The van der Waals surface area contributed by atoms with Gasteiger partial charge in [-0.1, -0.05) is 30.3 Å². The average Bonchev–Trinajstić information content (AvgIpc) is 2.38. The molecule has 0 bridgehead atoms. The van der Waals surface area contributed by atoms with Crippen LogP contribution in [0.1, 0.15) is 16.7 Å². The Labute approximate surface area is 111 Å². The Kier molecular flexibility index (Phi) is 3.71. The molecule has 0 aliphatic carbocycles. The third-order valence-electron chi connectivity index (χ3n) is 2.83. The highest BCUT2D eigenvalue weighted by Gasteiger charge is 2.10. The number of aryl methyl sites for hydroxylation is 2. The van der Waals surface area contributed by atoms with E-state index in [2.05, 4.69) is 4.99 Å². The summed E-state index contributed by atoms with van der Waals surface area (Å²) in [5.41, 5.74) is 3.50. The Morgan fingerprint density at radius 2 is 1.68 bits per heavy atom. The Hall–Kier alpha value is -2.49. The highest BCUT2D eigenvalue weighted by molar-refractivity contribution is 5.82. The maximum absolute atomic E-state index is 10.8. The fourth-order valence-electron chi connectivity index (χ4n) is 1.92. The lowest BCUT2D eigenvalue weighted by Crippen LogP contribution is -1.91. The predicted molar refractivity (Wildman–Crippen MR) is 76.3 cm³/mol. The number of hydrogen-bond acceptors (Lipinski definition) is 3. The second-order valence-corrected chi connectivity index (χ2v) is 4.35. The minimum Gasteiger partial charge on any atom is -0.258 e. The van der Waals surface area contributed by atoms with Crippen LogP contribution < -0.4 is 0 Å². The second-order valence-electron chi connectivity index (χ2n) is 4.35. The molecule has 0 heterocycles. The van der Waals surface area contributed by atoms with Crippen molar-refractivity contribution in [3.8, 4) is 0 Å². The van der Waals surface area contributed by atoms with E-state index in [9.17, 15) is 10.1 Å². The van der Waals surface area contributed by atoms with Gasteiger partial charge in [-0.15, -0.1) is 0 Å². The minimum atomic E-state index is -0.384. The third kappa shape index (κ3) is 3.04. The van der Waals surface area contributed by atoms with E-state index in [0.717, 1.165) is 22.4 Å². The standard InChI is InChI=1S/C15H14N2O2/c1-11-8-14(17(18)19)9-12(2)15(11)16-10-13-6-4-3-5-7-13/h3-10H,1-2H3. The van der Waals surface area contributed by atoms with E-state index in [-0.39, 0.29) is 10.6 Å². The molecule has 0 N–H and O–H groups in total. The Morgan fingerprint density at radius 1 is 1.11 bits per heavy atom.